The fourth-order valence-corrected chi connectivity index (χ4v) is 3.06. The summed E-state index contributed by atoms with van der Waals surface area (Å²) in [6.45, 7) is 3.28. The largest absolute Gasteiger partial charge is 0.336 e. The lowest BCUT2D eigenvalue weighted by Crippen LogP contribution is -2.36. The van der Waals surface area contributed by atoms with Gasteiger partial charge in [-0.05, 0) is 30.4 Å². The van der Waals surface area contributed by atoms with E-state index in [2.05, 4.69) is 34.9 Å². The Labute approximate surface area is 114 Å². The molecule has 3 rings (SSSR count). The minimum absolute atomic E-state index is 0.0749. The van der Waals surface area contributed by atoms with E-state index in [9.17, 15) is 4.79 Å². The summed E-state index contributed by atoms with van der Waals surface area (Å²) in [4.78, 5) is 13.3. The molecule has 1 aromatic rings. The topological polar surface area (TPSA) is 44.4 Å². The molecular weight excluding hydrogens is 238 g/mol. The summed E-state index contributed by atoms with van der Waals surface area (Å²) in [6, 6.07) is 9.23. The summed E-state index contributed by atoms with van der Waals surface area (Å²) < 4.78 is 0. The number of nitrogens with one attached hydrogen (secondary N) is 2. The van der Waals surface area contributed by atoms with Crippen molar-refractivity contribution in [3.8, 4) is 0 Å². The molecule has 19 heavy (non-hydrogen) atoms. The third-order valence-electron chi connectivity index (χ3n) is 4.09. The molecule has 2 aliphatic rings. The number of aryl methyl sites for hydroxylation is 1. The molecule has 2 amide bonds. The van der Waals surface area contributed by atoms with E-state index in [-0.39, 0.29) is 6.03 Å². The van der Waals surface area contributed by atoms with Crippen LogP contribution in [0.3, 0.4) is 0 Å². The number of fused-ring (bicyclic) bond motifs is 1. The minimum Gasteiger partial charge on any atom is -0.336 e. The van der Waals surface area contributed by atoms with Crippen LogP contribution in [0.2, 0.25) is 0 Å². The van der Waals surface area contributed by atoms with Crippen molar-refractivity contribution in [1.82, 2.24) is 15.5 Å². The van der Waals surface area contributed by atoms with Crippen LogP contribution < -0.4 is 10.6 Å². The number of hydrogen-bond acceptors (Lipinski definition) is 2. The zero-order valence-electron chi connectivity index (χ0n) is 11.2. The summed E-state index contributed by atoms with van der Waals surface area (Å²) in [5.41, 5.74) is 2.92. The zero-order chi connectivity index (χ0) is 13.1. The van der Waals surface area contributed by atoms with Crippen LogP contribution in [0, 0.1) is 0 Å². The van der Waals surface area contributed by atoms with Gasteiger partial charge < -0.3 is 15.5 Å². The lowest BCUT2D eigenvalue weighted by molar-refractivity contribution is 0.216. The van der Waals surface area contributed by atoms with Crippen LogP contribution >= 0.6 is 0 Å². The number of amides is 2. The Balaban J connectivity index is 1.55. The third-order valence-corrected chi connectivity index (χ3v) is 4.09. The van der Waals surface area contributed by atoms with E-state index < -0.39 is 0 Å². The Bertz CT molecular complexity index is 460. The first-order chi connectivity index (χ1) is 9.34. The second-order valence-electron chi connectivity index (χ2n) is 5.32. The highest BCUT2D eigenvalue weighted by Crippen LogP contribution is 2.29. The predicted octanol–water partition coefficient (Wildman–Crippen LogP) is 1.68. The third kappa shape index (κ3) is 2.73. The van der Waals surface area contributed by atoms with Crippen LogP contribution in [-0.2, 0) is 6.42 Å². The molecule has 2 N–H and O–H groups in total. The average Bonchev–Trinajstić information content (AvgIpc) is 2.85. The zero-order valence-corrected chi connectivity index (χ0v) is 11.2. The van der Waals surface area contributed by atoms with E-state index in [0.717, 1.165) is 26.2 Å². The van der Waals surface area contributed by atoms with Crippen molar-refractivity contribution in [3.63, 3.8) is 0 Å². The molecule has 1 unspecified atom stereocenters. The number of carbonyl (C=O) groups excluding carboxylic acids is 1. The number of carbonyl (C=O) groups is 1. The monoisotopic (exact) mass is 259 g/mol. The van der Waals surface area contributed by atoms with Gasteiger partial charge in [-0.3, -0.25) is 0 Å². The summed E-state index contributed by atoms with van der Waals surface area (Å²) >= 11 is 0. The maximum Gasteiger partial charge on any atom is 0.317 e. The molecule has 1 aliphatic heterocycles. The second kappa shape index (κ2) is 5.61. The Kier molecular flexibility index (Phi) is 3.69. The highest BCUT2D eigenvalue weighted by atomic mass is 16.2. The molecule has 1 atom stereocenters. The highest BCUT2D eigenvalue weighted by molar-refractivity contribution is 5.76. The second-order valence-corrected chi connectivity index (χ2v) is 5.32. The van der Waals surface area contributed by atoms with E-state index in [4.69, 9.17) is 0 Å². The molecule has 0 saturated carbocycles. The van der Waals surface area contributed by atoms with Crippen LogP contribution in [0.1, 0.15) is 30.0 Å². The summed E-state index contributed by atoms with van der Waals surface area (Å²) in [6.07, 6.45) is 3.64. The molecule has 0 aromatic heterocycles. The summed E-state index contributed by atoms with van der Waals surface area (Å²) in [5.74, 6) is 0. The predicted molar refractivity (Wildman–Crippen MR) is 75.1 cm³/mol. The Morgan fingerprint density at radius 2 is 2.26 bits per heavy atom. The molecule has 1 aromatic carbocycles. The fourth-order valence-electron chi connectivity index (χ4n) is 3.06. The molecular formula is C15H21N3O. The quantitative estimate of drug-likeness (QED) is 0.864. The standard InChI is InChI=1S/C15H21N3O/c19-15-17-9-11-18(15)10-8-16-14-7-3-5-12-4-1-2-6-13(12)14/h1-2,4,6,14,16H,3,5,7-11H2,(H,17,19). The molecule has 1 saturated heterocycles. The number of benzene rings is 1. The Hall–Kier alpha value is -1.55. The summed E-state index contributed by atoms with van der Waals surface area (Å²) in [5, 5.41) is 6.44. The number of hydrogen-bond donors (Lipinski definition) is 2. The van der Waals surface area contributed by atoms with Crippen molar-refractivity contribution >= 4 is 6.03 Å². The van der Waals surface area contributed by atoms with E-state index in [1.165, 1.54) is 30.4 Å². The van der Waals surface area contributed by atoms with Crippen molar-refractivity contribution in [2.45, 2.75) is 25.3 Å². The van der Waals surface area contributed by atoms with Crippen molar-refractivity contribution < 1.29 is 4.79 Å². The maximum absolute atomic E-state index is 11.4. The fraction of sp³-hybridized carbons (Fsp3) is 0.533. The van der Waals surface area contributed by atoms with E-state index in [1.807, 2.05) is 4.90 Å². The van der Waals surface area contributed by atoms with Gasteiger partial charge in [-0.1, -0.05) is 24.3 Å². The van der Waals surface area contributed by atoms with Gasteiger partial charge in [0.25, 0.3) is 0 Å². The average molecular weight is 259 g/mol. The van der Waals surface area contributed by atoms with E-state index >= 15 is 0 Å². The molecule has 4 nitrogen and oxygen atoms in total. The van der Waals surface area contributed by atoms with E-state index in [0.29, 0.717) is 6.04 Å². The Morgan fingerprint density at radius 1 is 1.37 bits per heavy atom. The molecule has 0 spiro atoms. The molecule has 1 heterocycles. The minimum atomic E-state index is 0.0749. The molecule has 102 valence electrons. The first kappa shape index (κ1) is 12.5. The van der Waals surface area contributed by atoms with Gasteiger partial charge in [-0.25, -0.2) is 4.79 Å². The normalized spacial score (nSPS) is 22.2. The van der Waals surface area contributed by atoms with Crippen molar-refractivity contribution in [1.29, 1.82) is 0 Å². The van der Waals surface area contributed by atoms with Gasteiger partial charge >= 0.3 is 6.03 Å². The van der Waals surface area contributed by atoms with Crippen LogP contribution in [0.15, 0.2) is 24.3 Å². The highest BCUT2D eigenvalue weighted by Gasteiger charge is 2.21. The van der Waals surface area contributed by atoms with Crippen LogP contribution in [0.5, 0.6) is 0 Å². The lowest BCUT2D eigenvalue weighted by Gasteiger charge is -2.27. The van der Waals surface area contributed by atoms with Crippen molar-refractivity contribution in [2.75, 3.05) is 26.2 Å². The smallest absolute Gasteiger partial charge is 0.317 e. The van der Waals surface area contributed by atoms with Gasteiger partial charge in [0.05, 0.1) is 0 Å². The molecule has 0 radical (unpaired) electrons. The van der Waals surface area contributed by atoms with Crippen molar-refractivity contribution in [3.05, 3.63) is 35.4 Å². The van der Waals surface area contributed by atoms with Gasteiger partial charge in [0.2, 0.25) is 0 Å². The summed E-state index contributed by atoms with van der Waals surface area (Å²) in [7, 11) is 0. The Morgan fingerprint density at radius 3 is 3.11 bits per heavy atom. The number of nitrogens with zero attached hydrogens (tertiary/aromatic N) is 1. The van der Waals surface area contributed by atoms with Crippen LogP contribution in [0.25, 0.3) is 0 Å². The van der Waals surface area contributed by atoms with Gasteiger partial charge in [0.1, 0.15) is 0 Å². The number of urea groups is 1. The van der Waals surface area contributed by atoms with Crippen LogP contribution in [0.4, 0.5) is 4.79 Å². The van der Waals surface area contributed by atoms with E-state index in [1.54, 1.807) is 0 Å². The maximum atomic E-state index is 11.4. The van der Waals surface area contributed by atoms with Gasteiger partial charge in [-0.15, -0.1) is 0 Å². The number of rotatable bonds is 4. The van der Waals surface area contributed by atoms with Gasteiger partial charge in [0, 0.05) is 32.2 Å². The SMILES string of the molecule is O=C1NCCN1CCNC1CCCc2ccccc21. The van der Waals surface area contributed by atoms with Crippen LogP contribution in [-0.4, -0.2) is 37.1 Å². The molecule has 0 bridgehead atoms. The van der Waals surface area contributed by atoms with Gasteiger partial charge in [0.15, 0.2) is 0 Å². The molecule has 1 aliphatic carbocycles. The first-order valence-corrected chi connectivity index (χ1v) is 7.18. The van der Waals surface area contributed by atoms with Gasteiger partial charge in [-0.2, -0.15) is 0 Å². The van der Waals surface area contributed by atoms with Crippen molar-refractivity contribution in [2.24, 2.45) is 0 Å². The lowest BCUT2D eigenvalue weighted by atomic mass is 9.88. The molecule has 4 heteroatoms. The first-order valence-electron chi connectivity index (χ1n) is 7.18. The molecule has 1 fully saturated rings.